The number of benzene rings is 1. The lowest BCUT2D eigenvalue weighted by atomic mass is 10.0. The van der Waals surface area contributed by atoms with Gasteiger partial charge in [-0.25, -0.2) is 9.59 Å². The van der Waals surface area contributed by atoms with Crippen LogP contribution in [0, 0.1) is 0 Å². The normalized spacial score (nSPS) is 15.8. The highest BCUT2D eigenvalue weighted by atomic mass is 16.6. The smallest absolute Gasteiger partial charge is 0.353 e. The molecule has 0 saturated carbocycles. The first-order chi connectivity index (χ1) is 13.2. The Balaban J connectivity index is 2.20. The number of allylic oxidation sites excluding steroid dienone is 1. The van der Waals surface area contributed by atoms with Gasteiger partial charge in [-0.1, -0.05) is 13.3 Å². The van der Waals surface area contributed by atoms with Gasteiger partial charge in [-0.3, -0.25) is 9.59 Å². The Labute approximate surface area is 161 Å². The van der Waals surface area contributed by atoms with Crippen LogP contribution in [0.5, 0.6) is 5.75 Å². The number of ketones is 1. The van der Waals surface area contributed by atoms with E-state index in [0.717, 1.165) is 19.8 Å². The van der Waals surface area contributed by atoms with Crippen LogP contribution in [0.25, 0.3) is 0 Å². The number of Topliss-reactive ketones (excluding diaryl/α,β-unsaturated/α-hetero) is 1. The van der Waals surface area contributed by atoms with Gasteiger partial charge < -0.3 is 19.9 Å². The lowest BCUT2D eigenvalue weighted by molar-refractivity contribution is -0.155. The van der Waals surface area contributed by atoms with E-state index in [4.69, 9.17) is 4.74 Å². The lowest BCUT2D eigenvalue weighted by Crippen LogP contribution is -2.29. The predicted molar refractivity (Wildman–Crippen MR) is 99.4 cm³/mol. The zero-order valence-electron chi connectivity index (χ0n) is 15.8. The Morgan fingerprint density at radius 2 is 1.75 bits per heavy atom. The summed E-state index contributed by atoms with van der Waals surface area (Å²) in [6, 6.07) is 6.37. The molecular weight excluding hydrogens is 366 g/mol. The highest BCUT2D eigenvalue weighted by Gasteiger charge is 2.36. The number of hydrogen-bond donors (Lipinski definition) is 2. The van der Waals surface area contributed by atoms with E-state index in [9.17, 15) is 24.3 Å². The fraction of sp³-hybridized carbons (Fsp3) is 0.300. The molecule has 0 radical (unpaired) electrons. The third kappa shape index (κ3) is 4.85. The van der Waals surface area contributed by atoms with Crippen molar-refractivity contribution in [2.45, 2.75) is 40.0 Å². The molecule has 0 unspecified atom stereocenters. The standard InChI is InChI=1S/C20H21NO7/c1-4-5-6-15(23)27-14-9-7-13(8-10-14)21-11(2)16-18(24)17(12(3)22)20(26)28-19(16)25/h7-10,21,24H,4-6H2,1-3H3/b16-11-. The Morgan fingerprint density at radius 3 is 2.32 bits per heavy atom. The maximum Gasteiger partial charge on any atom is 0.353 e. The largest absolute Gasteiger partial charge is 0.506 e. The Bertz CT molecular complexity index is 878. The maximum atomic E-state index is 12.0. The summed E-state index contributed by atoms with van der Waals surface area (Å²) < 4.78 is 9.73. The zero-order valence-corrected chi connectivity index (χ0v) is 15.8. The third-order valence-corrected chi connectivity index (χ3v) is 3.95. The fourth-order valence-electron chi connectivity index (χ4n) is 2.53. The summed E-state index contributed by atoms with van der Waals surface area (Å²) in [5, 5.41) is 13.1. The Hall–Kier alpha value is -3.42. The monoisotopic (exact) mass is 387 g/mol. The van der Waals surface area contributed by atoms with Crippen LogP contribution < -0.4 is 10.1 Å². The van der Waals surface area contributed by atoms with Crippen LogP contribution in [0.4, 0.5) is 5.69 Å². The Morgan fingerprint density at radius 1 is 1.11 bits per heavy atom. The van der Waals surface area contributed by atoms with E-state index >= 15 is 0 Å². The van der Waals surface area contributed by atoms with E-state index in [2.05, 4.69) is 10.1 Å². The molecule has 8 heteroatoms. The molecule has 1 aromatic carbocycles. The second-order valence-corrected chi connectivity index (χ2v) is 6.18. The topological polar surface area (TPSA) is 119 Å². The first kappa shape index (κ1) is 20.9. The van der Waals surface area contributed by atoms with Crippen LogP contribution in [-0.2, 0) is 23.9 Å². The van der Waals surface area contributed by atoms with Crippen molar-refractivity contribution >= 4 is 29.4 Å². The van der Waals surface area contributed by atoms with Gasteiger partial charge in [0.25, 0.3) is 0 Å². The summed E-state index contributed by atoms with van der Waals surface area (Å²) in [6.45, 7) is 4.55. The molecule has 0 aromatic heterocycles. The third-order valence-electron chi connectivity index (χ3n) is 3.95. The van der Waals surface area contributed by atoms with E-state index in [1.807, 2.05) is 6.92 Å². The van der Waals surface area contributed by atoms with Crippen molar-refractivity contribution in [1.82, 2.24) is 0 Å². The molecular formula is C20H21NO7. The van der Waals surface area contributed by atoms with E-state index in [0.29, 0.717) is 17.9 Å². The summed E-state index contributed by atoms with van der Waals surface area (Å²) in [4.78, 5) is 46.8. The number of carbonyl (C=O) groups excluding carboxylic acids is 4. The van der Waals surface area contributed by atoms with Gasteiger partial charge in [-0.15, -0.1) is 0 Å². The van der Waals surface area contributed by atoms with E-state index in [1.54, 1.807) is 24.3 Å². The van der Waals surface area contributed by atoms with Crippen LogP contribution >= 0.6 is 0 Å². The summed E-state index contributed by atoms with van der Waals surface area (Å²) >= 11 is 0. The van der Waals surface area contributed by atoms with Crippen molar-refractivity contribution in [3.05, 3.63) is 46.9 Å². The highest BCUT2D eigenvalue weighted by Crippen LogP contribution is 2.26. The van der Waals surface area contributed by atoms with Gasteiger partial charge in [0.1, 0.15) is 22.7 Å². The molecule has 0 fully saturated rings. The number of ether oxygens (including phenoxy) is 2. The maximum absolute atomic E-state index is 12.0. The number of unbranched alkanes of at least 4 members (excludes halogenated alkanes) is 1. The molecule has 1 aliphatic rings. The van der Waals surface area contributed by atoms with Gasteiger partial charge in [0.2, 0.25) is 0 Å². The molecule has 2 rings (SSSR count). The van der Waals surface area contributed by atoms with E-state index in [1.165, 1.54) is 6.92 Å². The molecule has 1 heterocycles. The van der Waals surface area contributed by atoms with Crippen LogP contribution in [0.3, 0.4) is 0 Å². The number of aliphatic hydroxyl groups is 1. The number of rotatable bonds is 7. The number of esters is 3. The van der Waals surface area contributed by atoms with Gasteiger partial charge in [0.05, 0.1) is 0 Å². The quantitative estimate of drug-likeness (QED) is 0.241. The number of cyclic esters (lactones) is 2. The molecule has 8 nitrogen and oxygen atoms in total. The Kier molecular flexibility index (Phi) is 6.70. The first-order valence-electron chi connectivity index (χ1n) is 8.74. The number of aliphatic hydroxyl groups excluding tert-OH is 1. The van der Waals surface area contributed by atoms with E-state index < -0.39 is 29.1 Å². The van der Waals surface area contributed by atoms with Crippen LogP contribution in [0.1, 0.15) is 40.0 Å². The second kappa shape index (κ2) is 8.98. The first-order valence-corrected chi connectivity index (χ1v) is 8.74. The molecule has 28 heavy (non-hydrogen) atoms. The van der Waals surface area contributed by atoms with Gasteiger partial charge in [-0.2, -0.15) is 0 Å². The molecule has 0 aliphatic carbocycles. The number of anilines is 1. The van der Waals surface area contributed by atoms with Gasteiger partial charge >= 0.3 is 17.9 Å². The molecule has 0 saturated heterocycles. The highest BCUT2D eigenvalue weighted by molar-refractivity contribution is 6.23. The number of carbonyl (C=O) groups is 4. The van der Waals surface area contributed by atoms with Gasteiger partial charge in [-0.05, 0) is 44.5 Å². The fourth-order valence-corrected chi connectivity index (χ4v) is 2.53. The molecule has 1 aliphatic heterocycles. The minimum atomic E-state index is -1.18. The SMILES string of the molecule is CCCCC(=O)Oc1ccc(N/C(C)=C2\C(=O)OC(=O)C(C(C)=O)=C2O)cc1. The van der Waals surface area contributed by atoms with Crippen molar-refractivity contribution in [2.24, 2.45) is 0 Å². The zero-order chi connectivity index (χ0) is 20.8. The summed E-state index contributed by atoms with van der Waals surface area (Å²) in [5.74, 6) is -3.61. The van der Waals surface area contributed by atoms with Gasteiger partial charge in [0, 0.05) is 17.8 Å². The van der Waals surface area contributed by atoms with E-state index in [-0.39, 0.29) is 17.2 Å². The molecule has 148 valence electrons. The van der Waals surface area contributed by atoms with Crippen molar-refractivity contribution in [3.63, 3.8) is 0 Å². The number of hydrogen-bond acceptors (Lipinski definition) is 8. The number of nitrogens with one attached hydrogen (secondary N) is 1. The molecule has 1 aromatic rings. The average Bonchev–Trinajstić information content (AvgIpc) is 2.60. The summed E-state index contributed by atoms with van der Waals surface area (Å²) in [7, 11) is 0. The van der Waals surface area contributed by atoms with Gasteiger partial charge in [0.15, 0.2) is 5.78 Å². The molecule has 0 bridgehead atoms. The molecule has 0 amide bonds. The molecule has 2 N–H and O–H groups in total. The second-order valence-electron chi connectivity index (χ2n) is 6.18. The van der Waals surface area contributed by atoms with Crippen molar-refractivity contribution in [2.75, 3.05) is 5.32 Å². The van der Waals surface area contributed by atoms with Crippen molar-refractivity contribution in [1.29, 1.82) is 0 Å². The minimum absolute atomic E-state index is 0.182. The minimum Gasteiger partial charge on any atom is -0.506 e. The summed E-state index contributed by atoms with van der Waals surface area (Å²) in [5.41, 5.74) is -0.174. The lowest BCUT2D eigenvalue weighted by Gasteiger charge is -2.18. The van der Waals surface area contributed by atoms with Crippen molar-refractivity contribution in [3.8, 4) is 5.75 Å². The van der Waals surface area contributed by atoms with Crippen LogP contribution in [0.15, 0.2) is 46.9 Å². The van der Waals surface area contributed by atoms with Crippen molar-refractivity contribution < 1.29 is 33.8 Å². The summed E-state index contributed by atoms with van der Waals surface area (Å²) in [6.07, 6.45) is 1.99. The predicted octanol–water partition coefficient (Wildman–Crippen LogP) is 2.95. The molecule has 0 spiro atoms. The average molecular weight is 387 g/mol. The van der Waals surface area contributed by atoms with Crippen LogP contribution in [-0.4, -0.2) is 28.8 Å². The van der Waals surface area contributed by atoms with Crippen LogP contribution in [0.2, 0.25) is 0 Å². The molecule has 0 atom stereocenters.